The highest BCUT2D eigenvalue weighted by molar-refractivity contribution is 7.80. The van der Waals surface area contributed by atoms with Gasteiger partial charge in [-0.15, -0.1) is 0 Å². The number of carbonyl (C=O) groups excluding carboxylic acids is 2. The second-order valence-electron chi connectivity index (χ2n) is 7.24. The minimum absolute atomic E-state index is 0.0811. The summed E-state index contributed by atoms with van der Waals surface area (Å²) in [6.07, 6.45) is 0.905. The van der Waals surface area contributed by atoms with Crippen molar-refractivity contribution in [3.05, 3.63) is 83.9 Å². The number of benzene rings is 3. The standard InChI is InChI=1S/C26H27N3O4S/c1-3-17-33-21-13-9-18(10-14-21)24(30)29-26(34)28-23-8-6-5-7-22(23)25(31)27-19-11-15-20(16-12-19)32-4-2/h5-16H,3-4,17H2,1-2H3,(H,27,31)(H2,28,29,30,34). The molecule has 0 atom stereocenters. The lowest BCUT2D eigenvalue weighted by Crippen LogP contribution is -2.34. The van der Waals surface area contributed by atoms with E-state index in [1.807, 2.05) is 13.8 Å². The molecule has 3 N–H and O–H groups in total. The Labute approximate surface area is 204 Å². The molecular weight excluding hydrogens is 450 g/mol. The minimum Gasteiger partial charge on any atom is -0.494 e. The van der Waals surface area contributed by atoms with Crippen molar-refractivity contribution in [2.24, 2.45) is 0 Å². The van der Waals surface area contributed by atoms with Gasteiger partial charge in [-0.1, -0.05) is 19.1 Å². The quantitative estimate of drug-likeness (QED) is 0.365. The molecule has 0 aliphatic heterocycles. The second kappa shape index (κ2) is 12.4. The average Bonchev–Trinajstić information content (AvgIpc) is 2.84. The lowest BCUT2D eigenvalue weighted by atomic mass is 10.1. The third-order valence-electron chi connectivity index (χ3n) is 4.66. The Morgan fingerprint density at radius 2 is 1.44 bits per heavy atom. The Balaban J connectivity index is 1.61. The highest BCUT2D eigenvalue weighted by Crippen LogP contribution is 2.20. The van der Waals surface area contributed by atoms with Crippen molar-refractivity contribution in [2.75, 3.05) is 23.8 Å². The molecule has 176 valence electrons. The summed E-state index contributed by atoms with van der Waals surface area (Å²) in [6, 6.07) is 20.8. The Kier molecular flexibility index (Phi) is 8.99. The van der Waals surface area contributed by atoms with Crippen molar-refractivity contribution in [2.45, 2.75) is 20.3 Å². The van der Waals surface area contributed by atoms with Gasteiger partial charge in [-0.05, 0) is 86.2 Å². The molecule has 0 heterocycles. The Bertz CT molecular complexity index is 1130. The van der Waals surface area contributed by atoms with Gasteiger partial charge in [0.1, 0.15) is 11.5 Å². The predicted octanol–water partition coefficient (Wildman–Crippen LogP) is 5.25. The number of anilines is 2. The third kappa shape index (κ3) is 7.05. The highest BCUT2D eigenvalue weighted by atomic mass is 32.1. The molecule has 3 rings (SSSR count). The van der Waals surface area contributed by atoms with Crippen LogP contribution < -0.4 is 25.4 Å². The van der Waals surface area contributed by atoms with E-state index >= 15 is 0 Å². The van der Waals surface area contributed by atoms with Gasteiger partial charge in [-0.2, -0.15) is 0 Å². The molecule has 0 saturated heterocycles. The number of amides is 2. The molecular formula is C26H27N3O4S. The number of nitrogens with one attached hydrogen (secondary N) is 3. The van der Waals surface area contributed by atoms with Gasteiger partial charge >= 0.3 is 0 Å². The summed E-state index contributed by atoms with van der Waals surface area (Å²) in [6.45, 7) is 5.12. The average molecular weight is 478 g/mol. The monoisotopic (exact) mass is 477 g/mol. The first-order chi connectivity index (χ1) is 16.5. The summed E-state index contributed by atoms with van der Waals surface area (Å²) < 4.78 is 11.0. The van der Waals surface area contributed by atoms with Gasteiger partial charge in [0.15, 0.2) is 5.11 Å². The fourth-order valence-corrected chi connectivity index (χ4v) is 3.24. The summed E-state index contributed by atoms with van der Waals surface area (Å²) in [5, 5.41) is 8.51. The topological polar surface area (TPSA) is 88.7 Å². The largest absolute Gasteiger partial charge is 0.494 e. The smallest absolute Gasteiger partial charge is 0.257 e. The molecule has 3 aromatic rings. The van der Waals surface area contributed by atoms with Crippen LogP contribution in [0.4, 0.5) is 11.4 Å². The molecule has 2 amide bonds. The van der Waals surface area contributed by atoms with Crippen molar-refractivity contribution in [1.82, 2.24) is 5.32 Å². The number of carbonyl (C=O) groups is 2. The van der Waals surface area contributed by atoms with Gasteiger partial charge in [0.25, 0.3) is 11.8 Å². The van der Waals surface area contributed by atoms with E-state index in [1.54, 1.807) is 72.8 Å². The second-order valence-corrected chi connectivity index (χ2v) is 7.65. The highest BCUT2D eigenvalue weighted by Gasteiger charge is 2.14. The van der Waals surface area contributed by atoms with Crippen LogP contribution in [0.15, 0.2) is 72.8 Å². The molecule has 0 fully saturated rings. The fraction of sp³-hybridized carbons (Fsp3) is 0.192. The molecule has 8 heteroatoms. The van der Waals surface area contributed by atoms with Crippen LogP contribution in [0.25, 0.3) is 0 Å². The number of hydrogen-bond acceptors (Lipinski definition) is 5. The predicted molar refractivity (Wildman–Crippen MR) is 138 cm³/mol. The van der Waals surface area contributed by atoms with Crippen molar-refractivity contribution in [3.8, 4) is 11.5 Å². The SMILES string of the molecule is CCCOc1ccc(C(=O)NC(=S)Nc2ccccc2C(=O)Nc2ccc(OCC)cc2)cc1. The van der Waals surface area contributed by atoms with Crippen molar-refractivity contribution >= 4 is 40.5 Å². The van der Waals surface area contributed by atoms with Gasteiger partial charge < -0.3 is 20.1 Å². The Hall–Kier alpha value is -3.91. The first-order valence-corrected chi connectivity index (χ1v) is 11.4. The van der Waals surface area contributed by atoms with E-state index in [0.717, 1.165) is 12.2 Å². The summed E-state index contributed by atoms with van der Waals surface area (Å²) in [7, 11) is 0. The van der Waals surface area contributed by atoms with Crippen molar-refractivity contribution < 1.29 is 19.1 Å². The molecule has 3 aromatic carbocycles. The van der Waals surface area contributed by atoms with Gasteiger partial charge in [0, 0.05) is 11.3 Å². The molecule has 0 aliphatic carbocycles. The van der Waals surface area contributed by atoms with E-state index in [1.165, 1.54) is 0 Å². The van der Waals surface area contributed by atoms with E-state index in [0.29, 0.717) is 41.5 Å². The van der Waals surface area contributed by atoms with E-state index < -0.39 is 0 Å². The molecule has 0 saturated carbocycles. The molecule has 0 spiro atoms. The van der Waals surface area contributed by atoms with Crippen LogP contribution in [0.3, 0.4) is 0 Å². The summed E-state index contributed by atoms with van der Waals surface area (Å²) in [5.74, 6) is 0.748. The number of thiocarbonyl (C=S) groups is 1. The molecule has 34 heavy (non-hydrogen) atoms. The molecule has 0 bridgehead atoms. The lowest BCUT2D eigenvalue weighted by molar-refractivity contribution is 0.0976. The van der Waals surface area contributed by atoms with Crippen LogP contribution in [0.1, 0.15) is 41.0 Å². The number of para-hydroxylation sites is 1. The normalized spacial score (nSPS) is 10.2. The molecule has 0 aromatic heterocycles. The van der Waals surface area contributed by atoms with Crippen molar-refractivity contribution in [1.29, 1.82) is 0 Å². The van der Waals surface area contributed by atoms with Crippen LogP contribution in [-0.4, -0.2) is 30.1 Å². The van der Waals surface area contributed by atoms with E-state index in [4.69, 9.17) is 21.7 Å². The van der Waals surface area contributed by atoms with E-state index in [9.17, 15) is 9.59 Å². The Morgan fingerprint density at radius 1 is 0.794 bits per heavy atom. The summed E-state index contributed by atoms with van der Waals surface area (Å²) in [4.78, 5) is 25.4. The van der Waals surface area contributed by atoms with E-state index in [2.05, 4.69) is 16.0 Å². The summed E-state index contributed by atoms with van der Waals surface area (Å²) in [5.41, 5.74) is 1.92. The van der Waals surface area contributed by atoms with Crippen LogP contribution >= 0.6 is 12.2 Å². The maximum Gasteiger partial charge on any atom is 0.257 e. The number of rotatable bonds is 9. The zero-order valence-corrected chi connectivity index (χ0v) is 19.9. The number of hydrogen-bond donors (Lipinski definition) is 3. The first-order valence-electron chi connectivity index (χ1n) is 11.0. The summed E-state index contributed by atoms with van der Waals surface area (Å²) >= 11 is 5.30. The van der Waals surface area contributed by atoms with Gasteiger partial charge in [-0.25, -0.2) is 0 Å². The molecule has 0 radical (unpaired) electrons. The van der Waals surface area contributed by atoms with Gasteiger partial charge in [0.2, 0.25) is 0 Å². The molecule has 7 nitrogen and oxygen atoms in total. The lowest BCUT2D eigenvalue weighted by Gasteiger charge is -2.14. The van der Waals surface area contributed by atoms with Crippen LogP contribution in [-0.2, 0) is 0 Å². The van der Waals surface area contributed by atoms with Crippen molar-refractivity contribution in [3.63, 3.8) is 0 Å². The maximum absolute atomic E-state index is 12.9. The maximum atomic E-state index is 12.9. The Morgan fingerprint density at radius 3 is 2.12 bits per heavy atom. The molecule has 0 unspecified atom stereocenters. The van der Waals surface area contributed by atoms with Gasteiger partial charge in [-0.3, -0.25) is 14.9 Å². The van der Waals surface area contributed by atoms with Crippen LogP contribution in [0.2, 0.25) is 0 Å². The minimum atomic E-state index is -0.365. The first kappa shape index (κ1) is 24.7. The molecule has 0 aliphatic rings. The van der Waals surface area contributed by atoms with Crippen LogP contribution in [0.5, 0.6) is 11.5 Å². The zero-order chi connectivity index (χ0) is 24.3. The zero-order valence-electron chi connectivity index (χ0n) is 19.1. The fourth-order valence-electron chi connectivity index (χ4n) is 3.04. The van der Waals surface area contributed by atoms with Gasteiger partial charge in [0.05, 0.1) is 24.5 Å². The van der Waals surface area contributed by atoms with Crippen LogP contribution in [0, 0.1) is 0 Å². The third-order valence-corrected chi connectivity index (χ3v) is 4.86. The number of ether oxygens (including phenoxy) is 2. The van der Waals surface area contributed by atoms with E-state index in [-0.39, 0.29) is 16.9 Å².